The smallest absolute Gasteiger partial charge is 0.225 e. The topological polar surface area (TPSA) is 48.4 Å². The summed E-state index contributed by atoms with van der Waals surface area (Å²) in [6, 6.07) is 12.9. The summed E-state index contributed by atoms with van der Waals surface area (Å²) in [5, 5.41) is 0. The molecule has 0 N–H and O–H groups in total. The van der Waals surface area contributed by atoms with E-state index in [9.17, 15) is 4.39 Å². The Labute approximate surface area is 187 Å². The highest BCUT2D eigenvalue weighted by molar-refractivity contribution is 5.81. The maximum atomic E-state index is 13.8. The van der Waals surface area contributed by atoms with Gasteiger partial charge in [-0.25, -0.2) is 19.3 Å². The number of hydrogen-bond acceptors (Lipinski definition) is 6. The quantitative estimate of drug-likeness (QED) is 0.623. The fourth-order valence-corrected chi connectivity index (χ4v) is 4.26. The van der Waals surface area contributed by atoms with Crippen LogP contribution in [0.2, 0.25) is 0 Å². The lowest BCUT2D eigenvalue weighted by atomic mass is 10.1. The Balaban J connectivity index is 1.32. The molecule has 1 aromatic carbocycles. The predicted octanol–water partition coefficient (Wildman–Crippen LogP) is 4.14. The van der Waals surface area contributed by atoms with E-state index in [0.717, 1.165) is 48.3 Å². The normalized spacial score (nSPS) is 18.6. The molecule has 2 aromatic heterocycles. The van der Waals surface area contributed by atoms with Gasteiger partial charge in [0.1, 0.15) is 11.6 Å². The molecule has 6 nitrogen and oxygen atoms in total. The van der Waals surface area contributed by atoms with Crippen molar-refractivity contribution >= 4 is 23.2 Å². The van der Waals surface area contributed by atoms with E-state index in [2.05, 4.69) is 42.7 Å². The molecule has 0 bridgehead atoms. The van der Waals surface area contributed by atoms with Crippen molar-refractivity contribution in [3.8, 4) is 0 Å². The third kappa shape index (κ3) is 4.06. The van der Waals surface area contributed by atoms with Crippen LogP contribution in [-0.2, 0) is 0 Å². The molecule has 1 atom stereocenters. The zero-order valence-corrected chi connectivity index (χ0v) is 18.0. The van der Waals surface area contributed by atoms with Gasteiger partial charge in [-0.05, 0) is 37.3 Å². The lowest BCUT2D eigenvalue weighted by Crippen LogP contribution is -2.53. The fraction of sp³-hybridized carbons (Fsp3) is 0.240. The Morgan fingerprint density at radius 3 is 2.62 bits per heavy atom. The standard InChI is InChI=1S/C25H25FN6/c1-19-18-30(24-10-2-4-11-27-24)13-14-31(19)25-28-16-22(17-29-25)32-12-5-3-9-23(32)20-7-6-8-21(26)15-20/h2-11,15-17,19H,12-14,18H2,1H3/t19-/m0/s1. The minimum absolute atomic E-state index is 0.247. The van der Waals surface area contributed by atoms with Crippen LogP contribution in [0.25, 0.3) is 5.70 Å². The number of pyridine rings is 1. The van der Waals surface area contributed by atoms with E-state index in [1.165, 1.54) is 6.07 Å². The van der Waals surface area contributed by atoms with Crippen LogP contribution >= 0.6 is 0 Å². The van der Waals surface area contributed by atoms with Crippen molar-refractivity contribution in [1.29, 1.82) is 0 Å². The molecule has 32 heavy (non-hydrogen) atoms. The molecule has 0 amide bonds. The van der Waals surface area contributed by atoms with Gasteiger partial charge in [0.05, 0.1) is 18.1 Å². The molecule has 2 aliphatic rings. The molecule has 1 fully saturated rings. The first-order valence-corrected chi connectivity index (χ1v) is 10.8. The van der Waals surface area contributed by atoms with Gasteiger partial charge in [0.2, 0.25) is 5.95 Å². The average molecular weight is 429 g/mol. The Kier molecular flexibility index (Phi) is 5.54. The van der Waals surface area contributed by atoms with Gasteiger partial charge in [0, 0.05) is 49.7 Å². The van der Waals surface area contributed by atoms with Crippen molar-refractivity contribution in [3.05, 3.63) is 90.7 Å². The van der Waals surface area contributed by atoms with Gasteiger partial charge in [-0.15, -0.1) is 0 Å². The van der Waals surface area contributed by atoms with Crippen LogP contribution < -0.4 is 14.7 Å². The van der Waals surface area contributed by atoms with Crippen molar-refractivity contribution in [2.24, 2.45) is 0 Å². The Hall–Kier alpha value is -3.74. The fourth-order valence-electron chi connectivity index (χ4n) is 4.26. The summed E-state index contributed by atoms with van der Waals surface area (Å²) in [6.45, 7) is 5.44. The molecule has 0 radical (unpaired) electrons. The lowest BCUT2D eigenvalue weighted by Gasteiger charge is -2.40. The third-order valence-electron chi connectivity index (χ3n) is 5.88. The summed E-state index contributed by atoms with van der Waals surface area (Å²) in [7, 11) is 0. The van der Waals surface area contributed by atoms with Crippen molar-refractivity contribution < 1.29 is 4.39 Å². The molecule has 0 saturated carbocycles. The number of benzene rings is 1. The molecule has 2 aliphatic heterocycles. The zero-order chi connectivity index (χ0) is 21.9. The highest BCUT2D eigenvalue weighted by atomic mass is 19.1. The van der Waals surface area contributed by atoms with Crippen molar-refractivity contribution in [2.75, 3.05) is 40.9 Å². The number of allylic oxidation sites excluding steroid dienone is 2. The second-order valence-electron chi connectivity index (χ2n) is 8.02. The number of nitrogens with zero attached hydrogens (tertiary/aromatic N) is 6. The molecule has 162 valence electrons. The molecule has 3 aromatic rings. The van der Waals surface area contributed by atoms with Crippen LogP contribution in [0.15, 0.2) is 79.3 Å². The molecule has 1 saturated heterocycles. The Bertz CT molecular complexity index is 1130. The third-order valence-corrected chi connectivity index (χ3v) is 5.88. The van der Waals surface area contributed by atoms with Gasteiger partial charge in [0.15, 0.2) is 0 Å². The van der Waals surface area contributed by atoms with Crippen LogP contribution in [0.3, 0.4) is 0 Å². The van der Waals surface area contributed by atoms with Gasteiger partial charge in [0.25, 0.3) is 0 Å². The number of aromatic nitrogens is 3. The zero-order valence-electron chi connectivity index (χ0n) is 18.0. The van der Waals surface area contributed by atoms with E-state index in [0.29, 0.717) is 6.54 Å². The van der Waals surface area contributed by atoms with Gasteiger partial charge in [-0.1, -0.05) is 30.4 Å². The Morgan fingerprint density at radius 1 is 1.00 bits per heavy atom. The summed E-state index contributed by atoms with van der Waals surface area (Å²) >= 11 is 0. The van der Waals surface area contributed by atoms with E-state index in [4.69, 9.17) is 0 Å². The van der Waals surface area contributed by atoms with E-state index < -0.39 is 0 Å². The number of piperazine rings is 1. The molecule has 0 aliphatic carbocycles. The van der Waals surface area contributed by atoms with Gasteiger partial charge < -0.3 is 14.7 Å². The van der Waals surface area contributed by atoms with E-state index in [-0.39, 0.29) is 11.9 Å². The SMILES string of the molecule is C[C@H]1CN(c2ccccn2)CCN1c1ncc(N2CC=CC=C2c2cccc(F)c2)cn1. The van der Waals surface area contributed by atoms with Crippen LogP contribution in [0.1, 0.15) is 12.5 Å². The van der Waals surface area contributed by atoms with Crippen molar-refractivity contribution in [3.63, 3.8) is 0 Å². The molecular weight excluding hydrogens is 403 g/mol. The average Bonchev–Trinajstić information content (AvgIpc) is 2.85. The number of hydrogen-bond donors (Lipinski definition) is 0. The molecule has 0 unspecified atom stereocenters. The first-order valence-electron chi connectivity index (χ1n) is 10.8. The van der Waals surface area contributed by atoms with Crippen molar-refractivity contribution in [1.82, 2.24) is 15.0 Å². The van der Waals surface area contributed by atoms with Crippen LogP contribution in [0.4, 0.5) is 21.8 Å². The molecule has 7 heteroatoms. The summed E-state index contributed by atoms with van der Waals surface area (Å²) in [6.07, 6.45) is 11.6. The molecule has 4 heterocycles. The second-order valence-corrected chi connectivity index (χ2v) is 8.02. The van der Waals surface area contributed by atoms with Crippen molar-refractivity contribution in [2.45, 2.75) is 13.0 Å². The highest BCUT2D eigenvalue weighted by Gasteiger charge is 2.26. The highest BCUT2D eigenvalue weighted by Crippen LogP contribution is 2.29. The van der Waals surface area contributed by atoms with E-state index in [1.807, 2.05) is 55.0 Å². The largest absolute Gasteiger partial charge is 0.353 e. The monoisotopic (exact) mass is 428 g/mol. The number of rotatable bonds is 4. The van der Waals surface area contributed by atoms with Gasteiger partial charge >= 0.3 is 0 Å². The number of halogens is 1. The minimum Gasteiger partial charge on any atom is -0.353 e. The first-order chi connectivity index (χ1) is 15.7. The van der Waals surface area contributed by atoms with E-state index in [1.54, 1.807) is 12.1 Å². The summed E-state index contributed by atoms with van der Waals surface area (Å²) in [4.78, 5) is 20.5. The maximum Gasteiger partial charge on any atom is 0.225 e. The molecule has 5 rings (SSSR count). The molecular formula is C25H25FN6. The second kappa shape index (κ2) is 8.78. The van der Waals surface area contributed by atoms with Crippen LogP contribution in [0, 0.1) is 5.82 Å². The summed E-state index contributed by atoms with van der Waals surface area (Å²) < 4.78 is 13.8. The van der Waals surface area contributed by atoms with Crippen LogP contribution in [-0.4, -0.2) is 47.2 Å². The van der Waals surface area contributed by atoms with Gasteiger partial charge in [-0.2, -0.15) is 0 Å². The molecule has 0 spiro atoms. The first kappa shape index (κ1) is 20.2. The predicted molar refractivity (Wildman–Crippen MR) is 126 cm³/mol. The Morgan fingerprint density at radius 2 is 1.88 bits per heavy atom. The maximum absolute atomic E-state index is 13.8. The van der Waals surface area contributed by atoms with E-state index >= 15 is 0 Å². The summed E-state index contributed by atoms with van der Waals surface area (Å²) in [5.41, 5.74) is 2.65. The lowest BCUT2D eigenvalue weighted by molar-refractivity contribution is 0.537. The van der Waals surface area contributed by atoms with Crippen LogP contribution in [0.5, 0.6) is 0 Å². The number of anilines is 3. The van der Waals surface area contributed by atoms with Gasteiger partial charge in [-0.3, -0.25) is 0 Å². The summed E-state index contributed by atoms with van der Waals surface area (Å²) in [5.74, 6) is 1.49. The minimum atomic E-state index is -0.247.